The molecule has 21 heavy (non-hydrogen) atoms. The maximum Gasteiger partial charge on any atom is 0.119 e. The largest absolute Gasteiger partial charge is 0.493 e. The molecule has 0 atom stereocenters. The van der Waals surface area contributed by atoms with Gasteiger partial charge in [-0.3, -0.25) is 0 Å². The van der Waals surface area contributed by atoms with Crippen molar-refractivity contribution in [2.24, 2.45) is 0 Å². The Morgan fingerprint density at radius 2 is 2.05 bits per heavy atom. The van der Waals surface area contributed by atoms with Gasteiger partial charge < -0.3 is 14.3 Å². The Morgan fingerprint density at radius 3 is 2.71 bits per heavy atom. The van der Waals surface area contributed by atoms with Crippen LogP contribution in [0.5, 0.6) is 5.75 Å². The lowest BCUT2D eigenvalue weighted by Gasteiger charge is -2.05. The number of aliphatic hydroxyl groups excluding tert-OH is 1. The fourth-order valence-electron chi connectivity index (χ4n) is 1.69. The van der Waals surface area contributed by atoms with Crippen molar-refractivity contribution in [1.29, 1.82) is 0 Å². The van der Waals surface area contributed by atoms with E-state index in [0.29, 0.717) is 13.0 Å². The number of furan rings is 1. The lowest BCUT2D eigenvalue weighted by Crippen LogP contribution is -1.99. The van der Waals surface area contributed by atoms with E-state index in [-0.39, 0.29) is 6.61 Å². The first-order valence-corrected chi connectivity index (χ1v) is 7.77. The van der Waals surface area contributed by atoms with Crippen LogP contribution in [0.1, 0.15) is 17.7 Å². The lowest BCUT2D eigenvalue weighted by molar-refractivity contribution is 0.305. The summed E-state index contributed by atoms with van der Waals surface area (Å²) in [6.45, 7) is 2.70. The molecule has 0 saturated carbocycles. The van der Waals surface area contributed by atoms with Crippen LogP contribution >= 0.6 is 11.8 Å². The highest BCUT2D eigenvalue weighted by Crippen LogP contribution is 2.23. The molecule has 1 heterocycles. The molecule has 1 aromatic carbocycles. The van der Waals surface area contributed by atoms with Crippen molar-refractivity contribution in [2.75, 3.05) is 19.0 Å². The number of aliphatic hydroxyl groups is 1. The minimum atomic E-state index is 0.0992. The summed E-state index contributed by atoms with van der Waals surface area (Å²) in [5.41, 5.74) is 0.930. The van der Waals surface area contributed by atoms with E-state index in [2.05, 4.69) is 11.8 Å². The van der Waals surface area contributed by atoms with Gasteiger partial charge in [0.25, 0.3) is 0 Å². The van der Waals surface area contributed by atoms with Gasteiger partial charge in [-0.2, -0.15) is 0 Å². The van der Waals surface area contributed by atoms with Crippen LogP contribution < -0.4 is 4.74 Å². The second-order valence-electron chi connectivity index (χ2n) is 4.34. The van der Waals surface area contributed by atoms with Crippen molar-refractivity contribution in [2.45, 2.75) is 18.2 Å². The van der Waals surface area contributed by atoms with Crippen LogP contribution in [-0.4, -0.2) is 24.1 Å². The fraction of sp³-hybridized carbons (Fsp3) is 0.294. The summed E-state index contributed by atoms with van der Waals surface area (Å²) in [5, 5.41) is 8.66. The lowest BCUT2D eigenvalue weighted by atomic mass is 10.2. The van der Waals surface area contributed by atoms with E-state index < -0.39 is 0 Å². The van der Waals surface area contributed by atoms with Gasteiger partial charge in [-0.1, -0.05) is 11.8 Å². The first-order chi connectivity index (χ1) is 10.3. The maximum absolute atomic E-state index is 8.66. The highest BCUT2D eigenvalue weighted by molar-refractivity contribution is 7.99. The Labute approximate surface area is 129 Å². The van der Waals surface area contributed by atoms with E-state index in [9.17, 15) is 0 Å². The van der Waals surface area contributed by atoms with E-state index in [4.69, 9.17) is 14.3 Å². The molecule has 0 aliphatic heterocycles. The molecule has 0 bridgehead atoms. The summed E-state index contributed by atoms with van der Waals surface area (Å²) >= 11 is 1.72. The van der Waals surface area contributed by atoms with Crippen molar-refractivity contribution in [3.05, 3.63) is 47.9 Å². The molecule has 0 fully saturated rings. The molecule has 3 nitrogen and oxygen atoms in total. The van der Waals surface area contributed by atoms with Crippen LogP contribution in [0.2, 0.25) is 0 Å². The zero-order valence-corrected chi connectivity index (χ0v) is 12.8. The molecule has 0 aliphatic rings. The van der Waals surface area contributed by atoms with Crippen molar-refractivity contribution in [3.63, 3.8) is 0 Å². The van der Waals surface area contributed by atoms with Crippen LogP contribution in [-0.2, 0) is 0 Å². The predicted molar refractivity (Wildman–Crippen MR) is 84.7 cm³/mol. The second-order valence-corrected chi connectivity index (χ2v) is 5.47. The van der Waals surface area contributed by atoms with Crippen molar-refractivity contribution in [1.82, 2.24) is 0 Å². The average Bonchev–Trinajstić information content (AvgIpc) is 2.91. The van der Waals surface area contributed by atoms with Crippen LogP contribution in [0, 0.1) is 18.8 Å². The molecule has 0 aliphatic carbocycles. The number of aryl methyl sites for hydroxylation is 1. The SMILES string of the molecule is Cc1occc1SCCOc1ccc(C#CCCO)cc1. The van der Waals surface area contributed by atoms with Gasteiger partial charge in [0.1, 0.15) is 11.5 Å². The summed E-state index contributed by atoms with van der Waals surface area (Å²) in [4.78, 5) is 1.16. The highest BCUT2D eigenvalue weighted by Gasteiger charge is 2.01. The molecule has 2 rings (SSSR count). The summed E-state index contributed by atoms with van der Waals surface area (Å²) in [7, 11) is 0. The third kappa shape index (κ3) is 5.22. The van der Waals surface area contributed by atoms with Gasteiger partial charge in [-0.25, -0.2) is 0 Å². The van der Waals surface area contributed by atoms with Crippen LogP contribution in [0.3, 0.4) is 0 Å². The van der Waals surface area contributed by atoms with Crippen molar-refractivity contribution in [3.8, 4) is 17.6 Å². The van der Waals surface area contributed by atoms with E-state index in [1.807, 2.05) is 37.3 Å². The number of thioether (sulfide) groups is 1. The molecule has 0 amide bonds. The normalized spacial score (nSPS) is 10.0. The minimum Gasteiger partial charge on any atom is -0.493 e. The molecule has 1 N–H and O–H groups in total. The van der Waals surface area contributed by atoms with E-state index in [1.54, 1.807) is 18.0 Å². The number of ether oxygens (including phenoxy) is 1. The van der Waals surface area contributed by atoms with Crippen LogP contribution in [0.25, 0.3) is 0 Å². The number of hydrogen-bond donors (Lipinski definition) is 1. The van der Waals surface area contributed by atoms with E-state index in [1.165, 1.54) is 0 Å². The van der Waals surface area contributed by atoms with Gasteiger partial charge in [-0.05, 0) is 37.3 Å². The van der Waals surface area contributed by atoms with Crippen molar-refractivity contribution < 1.29 is 14.3 Å². The smallest absolute Gasteiger partial charge is 0.119 e. The minimum absolute atomic E-state index is 0.0992. The van der Waals surface area contributed by atoms with Gasteiger partial charge in [0, 0.05) is 22.6 Å². The third-order valence-electron chi connectivity index (χ3n) is 2.74. The zero-order valence-electron chi connectivity index (χ0n) is 12.0. The first-order valence-electron chi connectivity index (χ1n) is 6.79. The number of rotatable bonds is 6. The average molecular weight is 302 g/mol. The maximum atomic E-state index is 8.66. The Hall–Kier alpha value is -1.83. The summed E-state index contributed by atoms with van der Waals surface area (Å²) in [5.74, 6) is 8.54. The summed E-state index contributed by atoms with van der Waals surface area (Å²) in [6, 6.07) is 9.65. The molecule has 0 saturated heterocycles. The topological polar surface area (TPSA) is 42.6 Å². The molecule has 110 valence electrons. The summed E-state index contributed by atoms with van der Waals surface area (Å²) < 4.78 is 10.9. The monoisotopic (exact) mass is 302 g/mol. The molecule has 2 aromatic rings. The Balaban J connectivity index is 1.74. The van der Waals surface area contributed by atoms with Gasteiger partial charge in [0.2, 0.25) is 0 Å². The number of benzene rings is 1. The zero-order chi connectivity index (χ0) is 14.9. The highest BCUT2D eigenvalue weighted by atomic mass is 32.2. The van der Waals surface area contributed by atoms with E-state index >= 15 is 0 Å². The molecule has 1 aromatic heterocycles. The molecular weight excluding hydrogens is 284 g/mol. The van der Waals surface area contributed by atoms with Gasteiger partial charge in [-0.15, -0.1) is 11.8 Å². The van der Waals surface area contributed by atoms with Crippen LogP contribution in [0.15, 0.2) is 45.9 Å². The van der Waals surface area contributed by atoms with Gasteiger partial charge >= 0.3 is 0 Å². The quantitative estimate of drug-likeness (QED) is 0.504. The predicted octanol–water partition coefficient (Wildman–Crippen LogP) is 3.49. The third-order valence-corrected chi connectivity index (χ3v) is 3.85. The molecular formula is C17H18O3S. The fourth-order valence-corrected chi connectivity index (χ4v) is 2.48. The molecule has 0 spiro atoms. The second kappa shape index (κ2) is 8.46. The van der Waals surface area contributed by atoms with Gasteiger partial charge in [0.15, 0.2) is 0 Å². The Kier molecular flexibility index (Phi) is 6.26. The molecule has 4 heteroatoms. The molecule has 0 radical (unpaired) electrons. The Bertz CT molecular complexity index is 605. The van der Waals surface area contributed by atoms with E-state index in [0.717, 1.165) is 27.7 Å². The Morgan fingerprint density at radius 1 is 1.24 bits per heavy atom. The van der Waals surface area contributed by atoms with Gasteiger partial charge in [0.05, 0.1) is 19.5 Å². The molecule has 0 unspecified atom stereocenters. The summed E-state index contributed by atoms with van der Waals surface area (Å²) in [6.07, 6.45) is 2.21. The standard InChI is InChI=1S/C17H18O3S/c1-14-17(9-11-19-14)21-13-12-20-16-7-5-15(6-8-16)4-2-3-10-18/h5-9,11,18H,3,10,12-13H2,1H3. The first kappa shape index (κ1) is 15.6. The number of hydrogen-bond acceptors (Lipinski definition) is 4. The van der Waals surface area contributed by atoms with Crippen molar-refractivity contribution >= 4 is 11.8 Å². The van der Waals surface area contributed by atoms with Crippen LogP contribution in [0.4, 0.5) is 0 Å².